The van der Waals surface area contributed by atoms with Crippen molar-refractivity contribution in [1.29, 1.82) is 5.26 Å². The second-order valence-electron chi connectivity index (χ2n) is 2.41. The second kappa shape index (κ2) is 16.2. The topological polar surface area (TPSA) is 64.2 Å². The Bertz CT molecular complexity index is 73.1. The molecule has 0 spiro atoms. The van der Waals surface area contributed by atoms with Crippen molar-refractivity contribution in [2.45, 2.75) is 46.8 Å². The van der Waals surface area contributed by atoms with Gasteiger partial charge in [-0.15, -0.1) is 0 Å². The van der Waals surface area contributed by atoms with Crippen molar-refractivity contribution >= 4 is 0 Å². The first-order valence-corrected chi connectivity index (χ1v) is 3.55. The van der Waals surface area contributed by atoms with Gasteiger partial charge in [0.15, 0.2) is 0 Å². The Labute approximate surface area is 69.3 Å². The Kier molecular flexibility index (Phi) is 24.7. The molecule has 0 aromatic rings. The summed E-state index contributed by atoms with van der Waals surface area (Å²) in [6, 6.07) is 1.75. The summed E-state index contributed by atoms with van der Waals surface area (Å²) < 4.78 is 0. The molecule has 0 atom stereocenters. The van der Waals surface area contributed by atoms with Crippen LogP contribution in [0.5, 0.6) is 0 Å². The van der Waals surface area contributed by atoms with Gasteiger partial charge in [0.1, 0.15) is 0 Å². The molecule has 11 heavy (non-hydrogen) atoms. The molecule has 0 rings (SSSR count). The van der Waals surface area contributed by atoms with Crippen LogP contribution in [0.25, 0.3) is 0 Å². The van der Waals surface area contributed by atoms with Crippen LogP contribution in [-0.4, -0.2) is 22.4 Å². The van der Waals surface area contributed by atoms with E-state index in [1.807, 2.05) is 0 Å². The van der Waals surface area contributed by atoms with Crippen molar-refractivity contribution in [2.75, 3.05) is 0 Å². The van der Waals surface area contributed by atoms with Crippen molar-refractivity contribution in [2.24, 2.45) is 0 Å². The summed E-state index contributed by atoms with van der Waals surface area (Å²) in [4.78, 5) is 0. The molecule has 3 nitrogen and oxygen atoms in total. The molecular formula is C8H19NO2. The lowest BCUT2D eigenvalue weighted by atomic mass is 10.5. The van der Waals surface area contributed by atoms with Gasteiger partial charge in [-0.25, -0.2) is 0 Å². The van der Waals surface area contributed by atoms with Gasteiger partial charge >= 0.3 is 0 Å². The van der Waals surface area contributed by atoms with Gasteiger partial charge in [0.25, 0.3) is 0 Å². The van der Waals surface area contributed by atoms with Crippen molar-refractivity contribution in [1.82, 2.24) is 0 Å². The highest BCUT2D eigenvalue weighted by molar-refractivity contribution is 4.51. The molecule has 0 unspecified atom stereocenters. The fourth-order valence-electron chi connectivity index (χ4n) is 0. The number of aliphatic hydroxyl groups excluding tert-OH is 2. The molecule has 68 valence electrons. The SMILES string of the molecule is CC#N.CC(C)O.CC(C)O. The molecule has 0 saturated carbocycles. The van der Waals surface area contributed by atoms with E-state index in [-0.39, 0.29) is 12.2 Å². The number of rotatable bonds is 0. The van der Waals surface area contributed by atoms with Crippen molar-refractivity contribution in [3.8, 4) is 6.07 Å². The van der Waals surface area contributed by atoms with E-state index >= 15 is 0 Å². The maximum atomic E-state index is 8.06. The lowest BCUT2D eigenvalue weighted by Gasteiger charge is -1.80. The summed E-state index contributed by atoms with van der Waals surface area (Å²) in [5, 5.41) is 23.4. The zero-order valence-corrected chi connectivity index (χ0v) is 8.00. The van der Waals surface area contributed by atoms with Crippen LogP contribution in [-0.2, 0) is 0 Å². The van der Waals surface area contributed by atoms with E-state index in [0.29, 0.717) is 0 Å². The van der Waals surface area contributed by atoms with Crippen LogP contribution in [0.4, 0.5) is 0 Å². The van der Waals surface area contributed by atoms with E-state index in [2.05, 4.69) is 0 Å². The Hall–Kier alpha value is -0.590. The Morgan fingerprint density at radius 2 is 1.00 bits per heavy atom. The van der Waals surface area contributed by atoms with E-state index in [0.717, 1.165) is 0 Å². The predicted octanol–water partition coefficient (Wildman–Crippen LogP) is 1.30. The van der Waals surface area contributed by atoms with E-state index in [1.54, 1.807) is 33.8 Å². The first-order chi connectivity index (χ1) is 4.88. The fraction of sp³-hybridized carbons (Fsp3) is 0.875. The van der Waals surface area contributed by atoms with Crippen molar-refractivity contribution < 1.29 is 10.2 Å². The zero-order chi connectivity index (χ0) is 9.86. The number of aliphatic hydroxyl groups is 2. The molecule has 0 aliphatic rings. The van der Waals surface area contributed by atoms with Gasteiger partial charge < -0.3 is 10.2 Å². The highest BCUT2D eigenvalue weighted by Crippen LogP contribution is 1.65. The molecule has 0 aliphatic heterocycles. The quantitative estimate of drug-likeness (QED) is 0.563. The summed E-state index contributed by atoms with van der Waals surface area (Å²) in [6.07, 6.45) is -0.333. The average Bonchev–Trinajstić information content (AvgIpc) is 1.60. The lowest BCUT2D eigenvalue weighted by Crippen LogP contribution is -1.85. The van der Waals surface area contributed by atoms with Gasteiger partial charge in [-0.1, -0.05) is 0 Å². The van der Waals surface area contributed by atoms with E-state index in [9.17, 15) is 0 Å². The standard InChI is InChI=1S/2C3H8O.C2H3N/c2*1-3(2)4;1-2-3/h2*3-4H,1-2H3;1H3. The Morgan fingerprint density at radius 3 is 1.00 bits per heavy atom. The van der Waals surface area contributed by atoms with Crippen LogP contribution in [0.2, 0.25) is 0 Å². The molecule has 0 saturated heterocycles. The molecule has 0 bridgehead atoms. The molecule has 0 amide bonds. The van der Waals surface area contributed by atoms with Crippen LogP contribution in [0.3, 0.4) is 0 Å². The van der Waals surface area contributed by atoms with Gasteiger partial charge in [0.05, 0.1) is 6.07 Å². The molecule has 0 heterocycles. The summed E-state index contributed by atoms with van der Waals surface area (Å²) in [5.74, 6) is 0. The maximum Gasteiger partial charge on any atom is 0.0587 e. The molecule has 3 heteroatoms. The molecule has 2 N–H and O–H groups in total. The maximum absolute atomic E-state index is 8.06. The third kappa shape index (κ3) is 1480. The first kappa shape index (κ1) is 16.8. The third-order valence-electron chi connectivity index (χ3n) is 0. The smallest absolute Gasteiger partial charge is 0.0587 e. The highest BCUT2D eigenvalue weighted by atomic mass is 16.3. The second-order valence-corrected chi connectivity index (χ2v) is 2.41. The summed E-state index contributed by atoms with van der Waals surface area (Å²) in [6.45, 7) is 8.32. The average molecular weight is 161 g/mol. The van der Waals surface area contributed by atoms with Gasteiger partial charge in [-0.05, 0) is 27.7 Å². The predicted molar refractivity (Wildman–Crippen MR) is 46.0 cm³/mol. The van der Waals surface area contributed by atoms with Crippen LogP contribution >= 0.6 is 0 Å². The monoisotopic (exact) mass is 161 g/mol. The molecule has 0 aromatic heterocycles. The largest absolute Gasteiger partial charge is 0.394 e. The van der Waals surface area contributed by atoms with E-state index in [4.69, 9.17) is 15.5 Å². The van der Waals surface area contributed by atoms with Gasteiger partial charge in [0, 0.05) is 19.1 Å². The number of nitriles is 1. The minimum atomic E-state index is -0.167. The van der Waals surface area contributed by atoms with E-state index < -0.39 is 0 Å². The molecular weight excluding hydrogens is 142 g/mol. The number of hydrogen-bond donors (Lipinski definition) is 2. The van der Waals surface area contributed by atoms with Gasteiger partial charge in [0.2, 0.25) is 0 Å². The zero-order valence-electron chi connectivity index (χ0n) is 8.00. The van der Waals surface area contributed by atoms with Crippen molar-refractivity contribution in [3.05, 3.63) is 0 Å². The Balaban J connectivity index is -0.0000000886. The number of nitrogens with zero attached hydrogens (tertiary/aromatic N) is 1. The van der Waals surface area contributed by atoms with Crippen LogP contribution in [0.1, 0.15) is 34.6 Å². The minimum Gasteiger partial charge on any atom is -0.394 e. The summed E-state index contributed by atoms with van der Waals surface area (Å²) in [7, 11) is 0. The van der Waals surface area contributed by atoms with E-state index in [1.165, 1.54) is 6.92 Å². The Morgan fingerprint density at radius 1 is 1.00 bits per heavy atom. The summed E-state index contributed by atoms with van der Waals surface area (Å²) in [5.41, 5.74) is 0. The first-order valence-electron chi connectivity index (χ1n) is 3.55. The minimum absolute atomic E-state index is 0.167. The highest BCUT2D eigenvalue weighted by Gasteiger charge is 1.69. The molecule has 0 aromatic carbocycles. The third-order valence-corrected chi connectivity index (χ3v) is 0. The molecule has 0 aliphatic carbocycles. The molecule has 0 radical (unpaired) electrons. The van der Waals surface area contributed by atoms with Crippen LogP contribution < -0.4 is 0 Å². The molecule has 0 fully saturated rings. The number of hydrogen-bond acceptors (Lipinski definition) is 3. The van der Waals surface area contributed by atoms with Crippen LogP contribution in [0.15, 0.2) is 0 Å². The lowest BCUT2D eigenvalue weighted by molar-refractivity contribution is 0.215. The van der Waals surface area contributed by atoms with Crippen molar-refractivity contribution in [3.63, 3.8) is 0 Å². The summed E-state index contributed by atoms with van der Waals surface area (Å²) >= 11 is 0. The fourth-order valence-corrected chi connectivity index (χ4v) is 0. The normalized spacial score (nSPS) is 7.27. The van der Waals surface area contributed by atoms with Crippen LogP contribution in [0, 0.1) is 11.3 Å². The van der Waals surface area contributed by atoms with Gasteiger partial charge in [-0.2, -0.15) is 5.26 Å². The van der Waals surface area contributed by atoms with Gasteiger partial charge in [-0.3, -0.25) is 0 Å².